The Morgan fingerprint density at radius 3 is 2.75 bits per heavy atom. The molecule has 1 aliphatic heterocycles. The first-order chi connectivity index (χ1) is 11.1. The maximum absolute atomic E-state index is 5.80. The van der Waals surface area contributed by atoms with E-state index in [-0.39, 0.29) is 18.4 Å². The molecule has 3 rings (SSSR count). The molecule has 1 unspecified atom stereocenters. The van der Waals surface area contributed by atoms with Crippen molar-refractivity contribution in [3.63, 3.8) is 0 Å². The summed E-state index contributed by atoms with van der Waals surface area (Å²) >= 11 is 0. The Labute approximate surface area is 149 Å². The highest BCUT2D eigenvalue weighted by molar-refractivity contribution is 5.85. The van der Waals surface area contributed by atoms with Gasteiger partial charge in [-0.25, -0.2) is 0 Å². The molecular weight excluding hydrogens is 328 g/mol. The quantitative estimate of drug-likeness (QED) is 0.890. The first-order valence-corrected chi connectivity index (χ1v) is 8.06. The van der Waals surface area contributed by atoms with E-state index in [1.165, 1.54) is 11.1 Å². The minimum atomic E-state index is 0. The smallest absolute Gasteiger partial charge is 0.230 e. The fraction of sp³-hybridized carbons (Fsp3) is 0.529. The Morgan fingerprint density at radius 1 is 1.29 bits per heavy atom. The zero-order valence-electron chi connectivity index (χ0n) is 14.4. The second kappa shape index (κ2) is 8.46. The van der Waals surface area contributed by atoms with Gasteiger partial charge >= 0.3 is 0 Å². The maximum atomic E-state index is 5.80. The molecule has 132 valence electrons. The summed E-state index contributed by atoms with van der Waals surface area (Å²) in [6.45, 7) is 7.52. The lowest BCUT2D eigenvalue weighted by atomic mass is 10.1. The summed E-state index contributed by atoms with van der Waals surface area (Å²) in [5.74, 6) is 2.27. The number of halogens is 1. The van der Waals surface area contributed by atoms with E-state index in [9.17, 15) is 0 Å². The minimum Gasteiger partial charge on any atom is -0.493 e. The molecule has 1 aliphatic rings. The number of hydrogen-bond acceptors (Lipinski definition) is 6. The molecule has 1 N–H and O–H groups in total. The number of piperazine rings is 1. The first-order valence-electron chi connectivity index (χ1n) is 8.06. The highest BCUT2D eigenvalue weighted by Gasteiger charge is 2.25. The van der Waals surface area contributed by atoms with Crippen LogP contribution in [0.25, 0.3) is 0 Å². The number of ether oxygens (including phenoxy) is 1. The van der Waals surface area contributed by atoms with Crippen molar-refractivity contribution in [2.24, 2.45) is 0 Å². The third-order valence-corrected chi connectivity index (χ3v) is 4.07. The normalized spacial score (nSPS) is 18.2. The standard InChI is InChI=1S/C17H24N4O2.ClH/c1-12-8-13(2)10-14(9-12)22-7-4-16-19-17(20-23-16)15-11-18-5-6-21(15)3;/h8-10,15,18H,4-7,11H2,1-3H3;1H. The van der Waals surface area contributed by atoms with Crippen molar-refractivity contribution in [3.05, 3.63) is 41.0 Å². The number of aromatic nitrogens is 2. The Kier molecular flexibility index (Phi) is 6.60. The molecule has 0 aliphatic carbocycles. The third kappa shape index (κ3) is 4.69. The minimum absolute atomic E-state index is 0. The molecule has 2 heterocycles. The second-order valence-corrected chi connectivity index (χ2v) is 6.17. The number of nitrogens with one attached hydrogen (secondary N) is 1. The van der Waals surface area contributed by atoms with Crippen molar-refractivity contribution in [2.45, 2.75) is 26.3 Å². The average Bonchev–Trinajstić information content (AvgIpc) is 2.95. The van der Waals surface area contributed by atoms with Crippen LogP contribution in [0.15, 0.2) is 22.7 Å². The van der Waals surface area contributed by atoms with E-state index in [1.54, 1.807) is 0 Å². The van der Waals surface area contributed by atoms with Gasteiger partial charge in [0.25, 0.3) is 0 Å². The van der Waals surface area contributed by atoms with Gasteiger partial charge in [0.05, 0.1) is 19.1 Å². The van der Waals surface area contributed by atoms with Gasteiger partial charge in [-0.05, 0) is 44.2 Å². The molecule has 1 aromatic carbocycles. The molecule has 0 spiro atoms. The van der Waals surface area contributed by atoms with E-state index in [1.807, 2.05) is 12.1 Å². The van der Waals surface area contributed by atoms with E-state index in [0.29, 0.717) is 18.9 Å². The van der Waals surface area contributed by atoms with Crippen molar-refractivity contribution >= 4 is 12.4 Å². The van der Waals surface area contributed by atoms with Crippen molar-refractivity contribution in [1.82, 2.24) is 20.4 Å². The Hall–Kier alpha value is -1.63. The van der Waals surface area contributed by atoms with Gasteiger partial charge in [0.2, 0.25) is 5.89 Å². The number of benzene rings is 1. The summed E-state index contributed by atoms with van der Waals surface area (Å²) in [6.07, 6.45) is 0.615. The van der Waals surface area contributed by atoms with E-state index in [2.05, 4.69) is 47.3 Å². The van der Waals surface area contributed by atoms with Crippen LogP contribution in [0, 0.1) is 13.8 Å². The molecular formula is C17H25ClN4O2. The summed E-state index contributed by atoms with van der Waals surface area (Å²) in [5.41, 5.74) is 2.40. The van der Waals surface area contributed by atoms with Gasteiger partial charge in [0, 0.05) is 19.6 Å². The zero-order chi connectivity index (χ0) is 16.2. The van der Waals surface area contributed by atoms with Gasteiger partial charge in [-0.1, -0.05) is 11.2 Å². The Bertz CT molecular complexity index is 642. The van der Waals surface area contributed by atoms with Crippen LogP contribution in [0.1, 0.15) is 28.9 Å². The number of aryl methyl sites for hydroxylation is 2. The van der Waals surface area contributed by atoms with Crippen molar-refractivity contribution in [2.75, 3.05) is 33.3 Å². The molecule has 0 bridgehead atoms. The molecule has 1 fully saturated rings. The molecule has 6 nitrogen and oxygen atoms in total. The van der Waals surface area contributed by atoms with Crippen LogP contribution < -0.4 is 10.1 Å². The van der Waals surface area contributed by atoms with E-state index >= 15 is 0 Å². The van der Waals surface area contributed by atoms with Crippen LogP contribution in [-0.2, 0) is 6.42 Å². The average molecular weight is 353 g/mol. The first kappa shape index (κ1) is 18.7. The molecule has 24 heavy (non-hydrogen) atoms. The predicted molar refractivity (Wildman–Crippen MR) is 94.9 cm³/mol. The second-order valence-electron chi connectivity index (χ2n) is 6.17. The maximum Gasteiger partial charge on any atom is 0.230 e. The molecule has 1 aromatic heterocycles. The van der Waals surface area contributed by atoms with Gasteiger partial charge in [0.1, 0.15) is 5.75 Å². The number of rotatable bonds is 5. The zero-order valence-corrected chi connectivity index (χ0v) is 15.2. The lowest BCUT2D eigenvalue weighted by molar-refractivity contribution is 0.190. The fourth-order valence-corrected chi connectivity index (χ4v) is 2.87. The summed E-state index contributed by atoms with van der Waals surface area (Å²) in [5, 5.41) is 7.48. The lowest BCUT2D eigenvalue weighted by Gasteiger charge is -2.30. The lowest BCUT2D eigenvalue weighted by Crippen LogP contribution is -2.44. The summed E-state index contributed by atoms with van der Waals surface area (Å²) < 4.78 is 11.2. The Balaban J connectivity index is 0.00000208. The van der Waals surface area contributed by atoms with Crippen LogP contribution in [0.3, 0.4) is 0 Å². The van der Waals surface area contributed by atoms with Gasteiger partial charge in [-0.3, -0.25) is 4.90 Å². The summed E-state index contributed by atoms with van der Waals surface area (Å²) in [7, 11) is 2.09. The van der Waals surface area contributed by atoms with Gasteiger partial charge < -0.3 is 14.6 Å². The third-order valence-electron chi connectivity index (χ3n) is 4.07. The van der Waals surface area contributed by atoms with Crippen molar-refractivity contribution < 1.29 is 9.26 Å². The fourth-order valence-electron chi connectivity index (χ4n) is 2.87. The summed E-state index contributed by atoms with van der Waals surface area (Å²) in [4.78, 5) is 6.76. The number of nitrogens with zero attached hydrogens (tertiary/aromatic N) is 3. The van der Waals surface area contributed by atoms with Crippen LogP contribution >= 0.6 is 12.4 Å². The van der Waals surface area contributed by atoms with E-state index in [4.69, 9.17) is 9.26 Å². The topological polar surface area (TPSA) is 63.4 Å². The monoisotopic (exact) mass is 352 g/mol. The molecule has 1 saturated heterocycles. The largest absolute Gasteiger partial charge is 0.493 e. The van der Waals surface area contributed by atoms with E-state index in [0.717, 1.165) is 31.2 Å². The molecule has 2 aromatic rings. The van der Waals surface area contributed by atoms with Crippen LogP contribution in [0.2, 0.25) is 0 Å². The van der Waals surface area contributed by atoms with Gasteiger partial charge in [-0.15, -0.1) is 12.4 Å². The SMILES string of the molecule is Cc1cc(C)cc(OCCc2nc(C3CNCCN3C)no2)c1.Cl. The van der Waals surface area contributed by atoms with Crippen molar-refractivity contribution in [3.8, 4) is 5.75 Å². The number of hydrogen-bond donors (Lipinski definition) is 1. The molecule has 7 heteroatoms. The molecule has 0 amide bonds. The van der Waals surface area contributed by atoms with E-state index < -0.39 is 0 Å². The Morgan fingerprint density at radius 2 is 2.04 bits per heavy atom. The molecule has 0 radical (unpaired) electrons. The van der Waals surface area contributed by atoms with Gasteiger partial charge in [-0.2, -0.15) is 4.98 Å². The highest BCUT2D eigenvalue weighted by Crippen LogP contribution is 2.19. The molecule has 0 saturated carbocycles. The van der Waals surface area contributed by atoms with Crippen LogP contribution in [0.4, 0.5) is 0 Å². The van der Waals surface area contributed by atoms with Gasteiger partial charge in [0.15, 0.2) is 5.82 Å². The highest BCUT2D eigenvalue weighted by atomic mass is 35.5. The summed E-state index contributed by atoms with van der Waals surface area (Å²) in [6, 6.07) is 6.39. The van der Waals surface area contributed by atoms with Crippen molar-refractivity contribution in [1.29, 1.82) is 0 Å². The molecule has 1 atom stereocenters. The predicted octanol–water partition coefficient (Wildman–Crippen LogP) is 2.31. The van der Waals surface area contributed by atoms with Crippen LogP contribution in [-0.4, -0.2) is 48.3 Å². The number of likely N-dealkylation sites (N-methyl/N-ethyl adjacent to an activating group) is 1. The van der Waals surface area contributed by atoms with Crippen LogP contribution in [0.5, 0.6) is 5.75 Å².